The van der Waals surface area contributed by atoms with Crippen LogP contribution in [0.1, 0.15) is 49.9 Å². The number of ether oxygens (including phenoxy) is 2. The van der Waals surface area contributed by atoms with Gasteiger partial charge in [0.25, 0.3) is 0 Å². The van der Waals surface area contributed by atoms with Crippen molar-refractivity contribution in [1.82, 2.24) is 4.90 Å². The molecule has 1 atom stereocenters. The molecule has 1 fully saturated rings. The maximum atomic E-state index is 12.5. The molecule has 2 amide bonds. The van der Waals surface area contributed by atoms with E-state index in [1.165, 1.54) is 0 Å². The molecule has 1 aliphatic rings. The van der Waals surface area contributed by atoms with Crippen molar-refractivity contribution in [2.45, 2.75) is 39.5 Å². The fourth-order valence-corrected chi connectivity index (χ4v) is 2.90. The number of unbranched alkanes of at least 4 members (excludes halogenated alkanes) is 1. The van der Waals surface area contributed by atoms with Crippen LogP contribution >= 0.6 is 0 Å². The van der Waals surface area contributed by atoms with E-state index < -0.39 is 0 Å². The average molecular weight is 376 g/mol. The smallest absolute Gasteiger partial charge is 0.338 e. The highest BCUT2D eigenvalue weighted by atomic mass is 16.5. The van der Waals surface area contributed by atoms with Crippen LogP contribution in [0, 0.1) is 5.92 Å². The number of hydrogen-bond donors (Lipinski definition) is 1. The van der Waals surface area contributed by atoms with E-state index in [1.807, 2.05) is 6.92 Å². The van der Waals surface area contributed by atoms with E-state index in [0.717, 1.165) is 25.7 Å². The summed E-state index contributed by atoms with van der Waals surface area (Å²) in [6, 6.07) is 6.33. The van der Waals surface area contributed by atoms with Gasteiger partial charge in [-0.3, -0.25) is 4.79 Å². The lowest BCUT2D eigenvalue weighted by atomic mass is 9.98. The van der Waals surface area contributed by atoms with Crippen LogP contribution in [0.25, 0.3) is 0 Å². The van der Waals surface area contributed by atoms with E-state index in [2.05, 4.69) is 5.32 Å². The first-order valence-corrected chi connectivity index (χ1v) is 9.54. The number of carbonyl (C=O) groups is 3. The third-order valence-electron chi connectivity index (χ3n) is 4.43. The zero-order valence-corrected chi connectivity index (χ0v) is 16.0. The topological polar surface area (TPSA) is 84.9 Å². The number of amides is 2. The van der Waals surface area contributed by atoms with Gasteiger partial charge in [-0.1, -0.05) is 13.3 Å². The van der Waals surface area contributed by atoms with Gasteiger partial charge in [0.2, 0.25) is 0 Å². The van der Waals surface area contributed by atoms with E-state index in [0.29, 0.717) is 37.6 Å². The summed E-state index contributed by atoms with van der Waals surface area (Å²) in [6.45, 7) is 5.51. The van der Waals surface area contributed by atoms with Crippen molar-refractivity contribution < 1.29 is 23.9 Å². The summed E-state index contributed by atoms with van der Waals surface area (Å²) in [4.78, 5) is 37.9. The lowest BCUT2D eigenvalue weighted by molar-refractivity contribution is -0.149. The Bertz CT molecular complexity index is 644. The lowest BCUT2D eigenvalue weighted by Crippen LogP contribution is -2.44. The van der Waals surface area contributed by atoms with Gasteiger partial charge in [0.1, 0.15) is 0 Å². The number of anilines is 1. The number of likely N-dealkylation sites (tertiary alicyclic amines) is 1. The molecule has 0 spiro atoms. The van der Waals surface area contributed by atoms with Gasteiger partial charge in [-0.2, -0.15) is 0 Å². The second-order valence-corrected chi connectivity index (χ2v) is 6.53. The number of nitrogens with zero attached hydrogens (tertiary/aromatic N) is 1. The van der Waals surface area contributed by atoms with Crippen LogP contribution in [0.2, 0.25) is 0 Å². The zero-order chi connectivity index (χ0) is 19.6. The van der Waals surface area contributed by atoms with Crippen LogP contribution in [0.5, 0.6) is 0 Å². The maximum absolute atomic E-state index is 12.5. The van der Waals surface area contributed by atoms with Crippen molar-refractivity contribution in [1.29, 1.82) is 0 Å². The summed E-state index contributed by atoms with van der Waals surface area (Å²) < 4.78 is 10.2. The molecule has 0 saturated carbocycles. The predicted molar refractivity (Wildman–Crippen MR) is 102 cm³/mol. The van der Waals surface area contributed by atoms with Crippen molar-refractivity contribution >= 4 is 23.7 Å². The van der Waals surface area contributed by atoms with Crippen LogP contribution in [-0.2, 0) is 14.3 Å². The normalized spacial score (nSPS) is 16.5. The average Bonchev–Trinajstić information content (AvgIpc) is 2.69. The Morgan fingerprint density at radius 1 is 1.15 bits per heavy atom. The molecular formula is C20H28N2O5. The minimum Gasteiger partial charge on any atom is -0.466 e. The van der Waals surface area contributed by atoms with Crippen LogP contribution in [-0.4, -0.2) is 49.2 Å². The van der Waals surface area contributed by atoms with Crippen molar-refractivity contribution in [2.75, 3.05) is 31.6 Å². The van der Waals surface area contributed by atoms with E-state index in [9.17, 15) is 14.4 Å². The quantitative estimate of drug-likeness (QED) is 0.582. The molecule has 148 valence electrons. The first kappa shape index (κ1) is 20.7. The molecular weight excluding hydrogens is 348 g/mol. The summed E-state index contributed by atoms with van der Waals surface area (Å²) in [5.41, 5.74) is 1.04. The van der Waals surface area contributed by atoms with Gasteiger partial charge < -0.3 is 19.7 Å². The Labute approximate surface area is 160 Å². The molecule has 1 saturated heterocycles. The molecule has 0 radical (unpaired) electrons. The first-order valence-electron chi connectivity index (χ1n) is 9.54. The van der Waals surface area contributed by atoms with Crippen molar-refractivity contribution in [2.24, 2.45) is 5.92 Å². The highest BCUT2D eigenvalue weighted by Crippen LogP contribution is 2.19. The molecule has 27 heavy (non-hydrogen) atoms. The highest BCUT2D eigenvalue weighted by molar-refractivity contribution is 5.92. The minimum atomic E-state index is -0.366. The molecule has 1 aliphatic heterocycles. The summed E-state index contributed by atoms with van der Waals surface area (Å²) in [6.07, 6.45) is 3.30. The van der Waals surface area contributed by atoms with Gasteiger partial charge in [0.15, 0.2) is 0 Å². The number of carbonyl (C=O) groups excluding carboxylic acids is 3. The fraction of sp³-hybridized carbons (Fsp3) is 0.550. The highest BCUT2D eigenvalue weighted by Gasteiger charge is 2.29. The van der Waals surface area contributed by atoms with Gasteiger partial charge in [0, 0.05) is 18.8 Å². The molecule has 1 unspecified atom stereocenters. The molecule has 2 rings (SSSR count). The second kappa shape index (κ2) is 10.5. The van der Waals surface area contributed by atoms with E-state index >= 15 is 0 Å². The summed E-state index contributed by atoms with van der Waals surface area (Å²) in [5, 5.41) is 2.80. The molecule has 1 heterocycles. The van der Waals surface area contributed by atoms with Crippen LogP contribution in [0.3, 0.4) is 0 Å². The number of benzene rings is 1. The molecule has 0 aromatic heterocycles. The van der Waals surface area contributed by atoms with Gasteiger partial charge in [-0.05, 0) is 50.5 Å². The monoisotopic (exact) mass is 376 g/mol. The van der Waals surface area contributed by atoms with Gasteiger partial charge in [-0.25, -0.2) is 9.59 Å². The third kappa shape index (κ3) is 6.27. The third-order valence-corrected chi connectivity index (χ3v) is 4.43. The number of esters is 2. The molecule has 1 N–H and O–H groups in total. The number of rotatable bonds is 7. The van der Waals surface area contributed by atoms with Crippen LogP contribution in [0.4, 0.5) is 10.5 Å². The van der Waals surface area contributed by atoms with Gasteiger partial charge in [-0.15, -0.1) is 0 Å². The largest absolute Gasteiger partial charge is 0.466 e. The van der Waals surface area contributed by atoms with Crippen molar-refractivity contribution in [3.63, 3.8) is 0 Å². The second-order valence-electron chi connectivity index (χ2n) is 6.53. The van der Waals surface area contributed by atoms with Crippen molar-refractivity contribution in [3.05, 3.63) is 29.8 Å². The predicted octanol–water partition coefficient (Wildman–Crippen LogP) is 3.45. The zero-order valence-electron chi connectivity index (χ0n) is 16.0. The van der Waals surface area contributed by atoms with Crippen molar-refractivity contribution in [3.8, 4) is 0 Å². The molecule has 0 bridgehead atoms. The number of piperidine rings is 1. The Balaban J connectivity index is 1.88. The van der Waals surface area contributed by atoms with Gasteiger partial charge >= 0.3 is 18.0 Å². The minimum absolute atomic E-state index is 0.249. The Morgan fingerprint density at radius 2 is 1.89 bits per heavy atom. The maximum Gasteiger partial charge on any atom is 0.338 e. The first-order chi connectivity index (χ1) is 13.0. The number of nitrogens with one attached hydrogen (secondary N) is 1. The number of hydrogen-bond acceptors (Lipinski definition) is 5. The van der Waals surface area contributed by atoms with E-state index in [-0.39, 0.29) is 23.9 Å². The Kier molecular flexibility index (Phi) is 8.10. The summed E-state index contributed by atoms with van der Waals surface area (Å²) >= 11 is 0. The lowest BCUT2D eigenvalue weighted by Gasteiger charge is -2.31. The van der Waals surface area contributed by atoms with Gasteiger partial charge in [0.05, 0.1) is 24.7 Å². The summed E-state index contributed by atoms with van der Waals surface area (Å²) in [5.74, 6) is -0.889. The van der Waals surface area contributed by atoms with Crippen LogP contribution in [0.15, 0.2) is 24.3 Å². The van der Waals surface area contributed by atoms with Crippen LogP contribution < -0.4 is 5.32 Å². The molecule has 7 heteroatoms. The molecule has 1 aromatic carbocycles. The Hall–Kier alpha value is -2.57. The standard InChI is InChI=1S/C20H28N2O5/c1-3-5-13-27-18(23)15-8-10-17(11-9-15)21-20(25)22-12-6-7-16(14-22)19(24)26-4-2/h8-11,16H,3-7,12-14H2,1-2H3,(H,21,25). The SMILES string of the molecule is CCCCOC(=O)c1ccc(NC(=O)N2CCCC(C(=O)OCC)C2)cc1. The number of urea groups is 1. The molecule has 1 aromatic rings. The summed E-state index contributed by atoms with van der Waals surface area (Å²) in [7, 11) is 0. The van der Waals surface area contributed by atoms with E-state index in [1.54, 1.807) is 36.1 Å². The molecule has 0 aliphatic carbocycles. The molecule has 7 nitrogen and oxygen atoms in total. The van der Waals surface area contributed by atoms with E-state index in [4.69, 9.17) is 9.47 Å². The fourth-order valence-electron chi connectivity index (χ4n) is 2.90. The Morgan fingerprint density at radius 3 is 2.56 bits per heavy atom.